The molecule has 1 radical (unpaired) electrons. The van der Waals surface area contributed by atoms with Gasteiger partial charge in [-0.3, -0.25) is 4.99 Å². The molecule has 6 aromatic carbocycles. The Kier molecular flexibility index (Phi) is 13.5. The third-order valence-electron chi connectivity index (χ3n) is 11.7. The average molecular weight is 1040 g/mol. The average Bonchev–Trinajstić information content (AvgIpc) is 3.82. The van der Waals surface area contributed by atoms with Crippen molar-refractivity contribution in [3.63, 3.8) is 0 Å². The monoisotopic (exact) mass is 1040 g/mol. The van der Waals surface area contributed by atoms with Crippen LogP contribution in [-0.2, 0) is 26.5 Å². The molecule has 0 bridgehead atoms. The summed E-state index contributed by atoms with van der Waals surface area (Å²) >= 11 is -1.86. The van der Waals surface area contributed by atoms with E-state index < -0.39 is 13.3 Å². The molecular weight excluding hydrogens is 981 g/mol. The zero-order chi connectivity index (χ0) is 42.1. The standard InChI is InChI=1S/C38H32NO.C18H24GeN.Ir/c1-23(2)31-21-26(25-13-6-5-7-14-25)22-32(24(3)4)35(31)36-29-16-8-10-19-33(29)39-37(36)30-18-12-17-28-27-15-9-11-20-34(27)40-38(28)30;1-14(2)11-16-12-18(15-9-7-6-8-10-15)20-13-17(16)19(3,4)5;/h5-17,19-24,36H,1-4H3;6-9,12-14H,11H2,1-5H3;/q2*-1;. The zero-order valence-corrected chi connectivity index (χ0v) is 41.4. The molecule has 2 aromatic heterocycles. The molecular formula is C56H56GeIrN2O-2. The zero-order valence-electron chi connectivity index (χ0n) is 36.9. The normalized spacial score (nSPS) is 13.6. The molecule has 0 saturated heterocycles. The molecule has 1 atom stereocenters. The molecule has 9 rings (SSSR count). The van der Waals surface area contributed by atoms with Crippen molar-refractivity contribution in [3.8, 4) is 22.4 Å². The van der Waals surface area contributed by atoms with Crippen molar-refractivity contribution < 1.29 is 24.5 Å². The van der Waals surface area contributed by atoms with Gasteiger partial charge in [0.2, 0.25) is 0 Å². The maximum absolute atomic E-state index is 6.50. The van der Waals surface area contributed by atoms with Crippen LogP contribution in [0.3, 0.4) is 0 Å². The van der Waals surface area contributed by atoms with Crippen LogP contribution in [-0.4, -0.2) is 24.0 Å². The Morgan fingerprint density at radius 1 is 0.672 bits per heavy atom. The maximum Gasteiger partial charge on any atom is 0.120 e. The number of hydrogen-bond acceptors (Lipinski definition) is 3. The minimum Gasteiger partial charge on any atom is -0.501 e. The molecule has 0 fully saturated rings. The summed E-state index contributed by atoms with van der Waals surface area (Å²) in [5, 5.41) is 2.23. The van der Waals surface area contributed by atoms with Crippen LogP contribution < -0.4 is 4.40 Å². The summed E-state index contributed by atoms with van der Waals surface area (Å²) in [7, 11) is 0. The summed E-state index contributed by atoms with van der Waals surface area (Å²) in [6.45, 7) is 13.8. The smallest absolute Gasteiger partial charge is 0.120 e. The Hall–Kier alpha value is -4.87. The Morgan fingerprint density at radius 3 is 2.02 bits per heavy atom. The molecule has 0 aliphatic carbocycles. The van der Waals surface area contributed by atoms with E-state index in [1.807, 2.05) is 36.4 Å². The largest absolute Gasteiger partial charge is 0.501 e. The van der Waals surface area contributed by atoms with Crippen molar-refractivity contribution in [2.24, 2.45) is 10.9 Å². The number of benzene rings is 6. The van der Waals surface area contributed by atoms with Crippen LogP contribution >= 0.6 is 0 Å². The van der Waals surface area contributed by atoms with Gasteiger partial charge in [0.1, 0.15) is 5.58 Å². The van der Waals surface area contributed by atoms with Crippen LogP contribution in [0.1, 0.15) is 92.7 Å². The van der Waals surface area contributed by atoms with Gasteiger partial charge in [0.05, 0.1) is 11.3 Å². The SMILES string of the molecule is CC(C)Cc1cc(-c2[c-]cccc2)nc[c]1[Ge]([CH3])([CH3])[CH3].CC(C)c1cc(-c2ccccc2)cc(C(C)C)c1C1C(c2[c-]ccc3c2oc2ccccc23)=Nc2ccccc21.[Ir]. The summed E-state index contributed by atoms with van der Waals surface area (Å²) in [5.74, 6) is 8.67. The van der Waals surface area contributed by atoms with Crippen molar-refractivity contribution in [2.45, 2.75) is 83.0 Å². The number of pyridine rings is 1. The number of para-hydroxylation sites is 2. The van der Waals surface area contributed by atoms with Crippen LogP contribution in [0.2, 0.25) is 17.3 Å². The second-order valence-corrected chi connectivity index (χ2v) is 28.8. The van der Waals surface area contributed by atoms with Gasteiger partial charge in [0.25, 0.3) is 0 Å². The second kappa shape index (κ2) is 18.6. The van der Waals surface area contributed by atoms with Gasteiger partial charge in [-0.25, -0.2) is 0 Å². The first-order valence-corrected chi connectivity index (χ1v) is 28.9. The number of hydrogen-bond donors (Lipinski definition) is 0. The first kappa shape index (κ1) is 44.2. The first-order valence-electron chi connectivity index (χ1n) is 21.6. The Morgan fingerprint density at radius 2 is 1.34 bits per heavy atom. The third kappa shape index (κ3) is 9.19. The molecule has 0 saturated carbocycles. The van der Waals surface area contributed by atoms with Gasteiger partial charge in [-0.1, -0.05) is 118 Å². The molecule has 5 heteroatoms. The summed E-state index contributed by atoms with van der Waals surface area (Å²) < 4.78 is 8.04. The van der Waals surface area contributed by atoms with E-state index in [2.05, 4.69) is 174 Å². The number of rotatable bonds is 9. The van der Waals surface area contributed by atoms with Crippen molar-refractivity contribution in [1.29, 1.82) is 0 Å². The van der Waals surface area contributed by atoms with E-state index in [1.54, 1.807) is 4.40 Å². The Balaban J connectivity index is 0.000000226. The minimum atomic E-state index is -1.86. The molecule has 311 valence electrons. The minimum absolute atomic E-state index is 0. The number of nitrogens with zero attached hydrogens (tertiary/aromatic N) is 2. The fourth-order valence-corrected chi connectivity index (χ4v) is 12.1. The van der Waals surface area contributed by atoms with Crippen molar-refractivity contribution in [3.05, 3.63) is 185 Å². The van der Waals surface area contributed by atoms with Crippen LogP contribution in [0.15, 0.2) is 149 Å². The molecule has 0 spiro atoms. The number of aliphatic imine (C=N–C) groups is 1. The van der Waals surface area contributed by atoms with E-state index >= 15 is 0 Å². The van der Waals surface area contributed by atoms with Gasteiger partial charge >= 0.3 is 126 Å². The number of furan rings is 1. The fourth-order valence-electron chi connectivity index (χ4n) is 8.81. The summed E-state index contributed by atoms with van der Waals surface area (Å²) in [6.07, 6.45) is 3.27. The summed E-state index contributed by atoms with van der Waals surface area (Å²) in [6, 6.07) is 53.7. The second-order valence-electron chi connectivity index (χ2n) is 18.3. The molecule has 1 aliphatic heterocycles. The molecule has 1 aliphatic rings. The van der Waals surface area contributed by atoms with Gasteiger partial charge in [-0.05, 0) is 63.1 Å². The predicted molar refractivity (Wildman–Crippen MR) is 257 cm³/mol. The van der Waals surface area contributed by atoms with Crippen molar-refractivity contribution >= 4 is 51.0 Å². The van der Waals surface area contributed by atoms with Crippen LogP contribution in [0, 0.1) is 18.1 Å². The molecule has 61 heavy (non-hydrogen) atoms. The molecule has 3 heterocycles. The molecule has 0 N–H and O–H groups in total. The predicted octanol–water partition coefficient (Wildman–Crippen LogP) is 14.9. The van der Waals surface area contributed by atoms with Gasteiger partial charge < -0.3 is 4.42 Å². The number of aromatic nitrogens is 1. The topological polar surface area (TPSA) is 38.4 Å². The van der Waals surface area contributed by atoms with Crippen LogP contribution in [0.4, 0.5) is 5.69 Å². The van der Waals surface area contributed by atoms with Gasteiger partial charge in [-0.15, -0.1) is 18.2 Å². The molecule has 1 unspecified atom stereocenters. The van der Waals surface area contributed by atoms with E-state index in [9.17, 15) is 0 Å². The summed E-state index contributed by atoms with van der Waals surface area (Å²) in [4.78, 5) is 10.0. The first-order chi connectivity index (χ1) is 28.9. The van der Waals surface area contributed by atoms with Crippen molar-refractivity contribution in [2.75, 3.05) is 0 Å². The van der Waals surface area contributed by atoms with Gasteiger partial charge in [0.15, 0.2) is 0 Å². The summed E-state index contributed by atoms with van der Waals surface area (Å²) in [5.41, 5.74) is 16.3. The molecule has 3 nitrogen and oxygen atoms in total. The van der Waals surface area contributed by atoms with Crippen LogP contribution in [0.25, 0.3) is 44.3 Å². The van der Waals surface area contributed by atoms with E-state index in [0.29, 0.717) is 17.8 Å². The van der Waals surface area contributed by atoms with E-state index in [-0.39, 0.29) is 26.0 Å². The fraction of sp³-hybridized carbons (Fsp3) is 0.250. The number of fused-ring (bicyclic) bond motifs is 4. The van der Waals surface area contributed by atoms with E-state index in [0.717, 1.165) is 56.6 Å². The van der Waals surface area contributed by atoms with Crippen molar-refractivity contribution in [1.82, 2.24) is 4.98 Å². The Labute approximate surface area is 379 Å². The quantitative estimate of drug-likeness (QED) is 0.107. The Bertz CT molecular complexity index is 2780. The van der Waals surface area contributed by atoms with Gasteiger partial charge in [-0.2, -0.15) is 0 Å². The molecule has 8 aromatic rings. The van der Waals surface area contributed by atoms with Gasteiger partial charge in [0, 0.05) is 31.4 Å². The van der Waals surface area contributed by atoms with E-state index in [1.165, 1.54) is 38.9 Å². The maximum atomic E-state index is 6.50. The third-order valence-corrected chi connectivity index (χ3v) is 16.0. The van der Waals surface area contributed by atoms with E-state index in [4.69, 9.17) is 14.4 Å². The van der Waals surface area contributed by atoms with Crippen LogP contribution in [0.5, 0.6) is 0 Å². The molecule has 0 amide bonds.